The minimum absolute atomic E-state index is 0.0521. The summed E-state index contributed by atoms with van der Waals surface area (Å²) >= 11 is 0. The molecule has 0 aliphatic heterocycles. The quantitative estimate of drug-likeness (QED) is 0.407. The Morgan fingerprint density at radius 2 is 2.25 bits per heavy atom. The van der Waals surface area contributed by atoms with Crippen molar-refractivity contribution in [2.45, 2.75) is 12.5 Å². The molecule has 0 aromatic rings. The number of hydrogen-bond donors (Lipinski definition) is 3. The Labute approximate surface area is 47.5 Å². The normalized spacial score (nSPS) is 13.2. The van der Waals surface area contributed by atoms with Gasteiger partial charge in [0.1, 0.15) is 0 Å². The van der Waals surface area contributed by atoms with Crippen LogP contribution in [0.3, 0.4) is 0 Å². The van der Waals surface area contributed by atoms with Gasteiger partial charge in [-0.3, -0.25) is 4.79 Å². The van der Waals surface area contributed by atoms with Crippen molar-refractivity contribution in [3.05, 3.63) is 0 Å². The fourth-order valence-electron chi connectivity index (χ4n) is 0.323. The Balaban J connectivity index is 3.24. The second kappa shape index (κ2) is 3.40. The lowest BCUT2D eigenvalue weighted by Gasteiger charge is -2.01. The van der Waals surface area contributed by atoms with E-state index in [1.54, 1.807) is 0 Å². The first-order valence-corrected chi connectivity index (χ1v) is 2.31. The minimum atomic E-state index is -0.493. The SMILES string of the molecule is NC(=O)C[C@@H](N)CO. The van der Waals surface area contributed by atoms with E-state index < -0.39 is 11.9 Å². The van der Waals surface area contributed by atoms with Gasteiger partial charge in [-0.15, -0.1) is 0 Å². The van der Waals surface area contributed by atoms with E-state index in [0.717, 1.165) is 0 Å². The molecule has 4 nitrogen and oxygen atoms in total. The van der Waals surface area contributed by atoms with E-state index >= 15 is 0 Å². The lowest BCUT2D eigenvalue weighted by Crippen LogP contribution is -2.30. The van der Waals surface area contributed by atoms with E-state index in [1.807, 2.05) is 0 Å². The van der Waals surface area contributed by atoms with Crippen molar-refractivity contribution in [2.24, 2.45) is 11.5 Å². The van der Waals surface area contributed by atoms with Gasteiger partial charge in [0.15, 0.2) is 0 Å². The lowest BCUT2D eigenvalue weighted by atomic mass is 10.2. The van der Waals surface area contributed by atoms with Gasteiger partial charge in [0.2, 0.25) is 5.91 Å². The summed E-state index contributed by atoms with van der Waals surface area (Å²) < 4.78 is 0. The molecule has 48 valence electrons. The van der Waals surface area contributed by atoms with Crippen LogP contribution in [0.5, 0.6) is 0 Å². The van der Waals surface area contributed by atoms with Gasteiger partial charge in [-0.2, -0.15) is 0 Å². The molecule has 1 amide bonds. The van der Waals surface area contributed by atoms with Crippen molar-refractivity contribution < 1.29 is 9.90 Å². The van der Waals surface area contributed by atoms with Gasteiger partial charge in [-0.05, 0) is 0 Å². The zero-order valence-electron chi connectivity index (χ0n) is 4.50. The molecule has 0 radical (unpaired) electrons. The van der Waals surface area contributed by atoms with Crippen molar-refractivity contribution >= 4 is 5.91 Å². The van der Waals surface area contributed by atoms with Crippen molar-refractivity contribution in [1.82, 2.24) is 0 Å². The molecule has 4 heteroatoms. The van der Waals surface area contributed by atoms with Gasteiger partial charge < -0.3 is 16.6 Å². The van der Waals surface area contributed by atoms with Crippen molar-refractivity contribution in [2.75, 3.05) is 6.61 Å². The Bertz CT molecular complexity index is 84.1. The largest absolute Gasteiger partial charge is 0.395 e. The molecule has 0 fully saturated rings. The average molecular weight is 118 g/mol. The summed E-state index contributed by atoms with van der Waals surface area (Å²) in [7, 11) is 0. The molecule has 0 rings (SSSR count). The van der Waals surface area contributed by atoms with Crippen LogP contribution in [-0.2, 0) is 4.79 Å². The van der Waals surface area contributed by atoms with Crippen LogP contribution < -0.4 is 11.5 Å². The molecular formula is C4H10N2O2. The van der Waals surface area contributed by atoms with Crippen molar-refractivity contribution in [1.29, 1.82) is 0 Å². The van der Waals surface area contributed by atoms with Crippen LogP contribution in [0.2, 0.25) is 0 Å². The molecule has 0 aliphatic carbocycles. The summed E-state index contributed by atoms with van der Waals surface area (Å²) in [5.74, 6) is -0.480. The summed E-state index contributed by atoms with van der Waals surface area (Å²) in [6.45, 7) is -0.192. The van der Waals surface area contributed by atoms with E-state index in [-0.39, 0.29) is 13.0 Å². The van der Waals surface area contributed by atoms with Crippen molar-refractivity contribution in [3.63, 3.8) is 0 Å². The maximum absolute atomic E-state index is 10.00. The maximum Gasteiger partial charge on any atom is 0.219 e. The number of primary amides is 1. The smallest absolute Gasteiger partial charge is 0.219 e. The van der Waals surface area contributed by atoms with Gasteiger partial charge in [-0.1, -0.05) is 0 Å². The topological polar surface area (TPSA) is 89.3 Å². The molecular weight excluding hydrogens is 108 g/mol. The maximum atomic E-state index is 10.00. The third-order valence-corrected chi connectivity index (χ3v) is 0.698. The van der Waals surface area contributed by atoms with E-state index in [0.29, 0.717) is 0 Å². The Morgan fingerprint density at radius 1 is 1.75 bits per heavy atom. The van der Waals surface area contributed by atoms with Crippen LogP contribution in [0.1, 0.15) is 6.42 Å². The zero-order valence-corrected chi connectivity index (χ0v) is 4.50. The summed E-state index contributed by atoms with van der Waals surface area (Å²) in [5, 5.41) is 8.25. The third kappa shape index (κ3) is 3.58. The monoisotopic (exact) mass is 118 g/mol. The number of nitrogens with two attached hydrogens (primary N) is 2. The first-order chi connectivity index (χ1) is 3.66. The number of aliphatic hydroxyl groups excluding tert-OH is 1. The van der Waals surface area contributed by atoms with Crippen LogP contribution in [0.25, 0.3) is 0 Å². The number of amides is 1. The van der Waals surface area contributed by atoms with Gasteiger partial charge in [0.25, 0.3) is 0 Å². The summed E-state index contributed by atoms with van der Waals surface area (Å²) in [4.78, 5) is 10.00. The fourth-order valence-corrected chi connectivity index (χ4v) is 0.323. The molecule has 0 spiro atoms. The molecule has 0 aliphatic rings. The fraction of sp³-hybridized carbons (Fsp3) is 0.750. The number of aliphatic hydroxyl groups is 1. The molecule has 0 aromatic heterocycles. The van der Waals surface area contributed by atoms with Gasteiger partial charge in [0, 0.05) is 12.5 Å². The van der Waals surface area contributed by atoms with Gasteiger partial charge in [-0.25, -0.2) is 0 Å². The molecule has 0 aromatic carbocycles. The number of rotatable bonds is 3. The average Bonchev–Trinajstić information content (AvgIpc) is 1.65. The van der Waals surface area contributed by atoms with Crippen LogP contribution in [-0.4, -0.2) is 23.7 Å². The number of carbonyl (C=O) groups excluding carboxylic acids is 1. The third-order valence-electron chi connectivity index (χ3n) is 0.698. The van der Waals surface area contributed by atoms with Crippen LogP contribution in [0, 0.1) is 0 Å². The van der Waals surface area contributed by atoms with Gasteiger partial charge >= 0.3 is 0 Å². The highest BCUT2D eigenvalue weighted by Crippen LogP contribution is 1.81. The summed E-state index contributed by atoms with van der Waals surface area (Å²) in [6.07, 6.45) is 0.0521. The van der Waals surface area contributed by atoms with E-state index in [2.05, 4.69) is 0 Å². The molecule has 0 heterocycles. The van der Waals surface area contributed by atoms with E-state index in [1.165, 1.54) is 0 Å². The molecule has 0 saturated carbocycles. The second-order valence-corrected chi connectivity index (χ2v) is 1.61. The van der Waals surface area contributed by atoms with Crippen LogP contribution in [0.4, 0.5) is 0 Å². The molecule has 1 atom stereocenters. The summed E-state index contributed by atoms with van der Waals surface area (Å²) in [6, 6.07) is -0.493. The predicted octanol–water partition coefficient (Wildman–Crippen LogP) is -1.82. The second-order valence-electron chi connectivity index (χ2n) is 1.61. The highest BCUT2D eigenvalue weighted by molar-refractivity contribution is 5.74. The molecule has 0 saturated heterocycles. The Kier molecular flexibility index (Phi) is 3.14. The van der Waals surface area contributed by atoms with E-state index in [9.17, 15) is 4.79 Å². The Morgan fingerprint density at radius 3 is 2.38 bits per heavy atom. The number of hydrogen-bond acceptors (Lipinski definition) is 3. The van der Waals surface area contributed by atoms with E-state index in [4.69, 9.17) is 16.6 Å². The zero-order chi connectivity index (χ0) is 6.57. The lowest BCUT2D eigenvalue weighted by molar-refractivity contribution is -0.118. The molecule has 0 bridgehead atoms. The highest BCUT2D eigenvalue weighted by Gasteiger charge is 2.02. The van der Waals surface area contributed by atoms with Crippen LogP contribution >= 0.6 is 0 Å². The highest BCUT2D eigenvalue weighted by atomic mass is 16.3. The van der Waals surface area contributed by atoms with Crippen LogP contribution in [0.15, 0.2) is 0 Å². The number of carbonyl (C=O) groups is 1. The summed E-state index contributed by atoms with van der Waals surface area (Å²) in [5.41, 5.74) is 9.86. The molecule has 0 unspecified atom stereocenters. The first kappa shape index (κ1) is 7.39. The predicted molar refractivity (Wildman–Crippen MR) is 28.9 cm³/mol. The van der Waals surface area contributed by atoms with Crippen molar-refractivity contribution in [3.8, 4) is 0 Å². The molecule has 5 N–H and O–H groups in total. The Hall–Kier alpha value is -0.610. The minimum Gasteiger partial charge on any atom is -0.395 e. The molecule has 8 heavy (non-hydrogen) atoms. The first-order valence-electron chi connectivity index (χ1n) is 2.31. The van der Waals surface area contributed by atoms with Gasteiger partial charge in [0.05, 0.1) is 6.61 Å². The standard InChI is InChI=1S/C4H10N2O2/c5-3(2-7)1-4(6)8/h3,7H,1-2,5H2,(H2,6,8)/t3-/m1/s1.